The predicted molar refractivity (Wildman–Crippen MR) is 50.8 cm³/mol. The van der Waals surface area contributed by atoms with Gasteiger partial charge in [-0.15, -0.1) is 0 Å². The molecular weight excluding hydrogens is 167 g/mol. The summed E-state index contributed by atoms with van der Waals surface area (Å²) in [6.07, 6.45) is 2.85. The van der Waals surface area contributed by atoms with E-state index >= 15 is 0 Å². The summed E-state index contributed by atoms with van der Waals surface area (Å²) in [5, 5.41) is 0. The Morgan fingerprint density at radius 3 is 2.77 bits per heavy atom. The van der Waals surface area contributed by atoms with E-state index in [1.54, 1.807) is 12.3 Å². The molecule has 1 aromatic rings. The minimum Gasteiger partial charge on any atom is -0.330 e. The van der Waals surface area contributed by atoms with Gasteiger partial charge in [-0.3, -0.25) is 4.98 Å². The van der Waals surface area contributed by atoms with Crippen LogP contribution in [0.3, 0.4) is 0 Å². The molecule has 2 unspecified atom stereocenters. The summed E-state index contributed by atoms with van der Waals surface area (Å²) >= 11 is 0. The highest BCUT2D eigenvalue weighted by molar-refractivity contribution is 5.17. The van der Waals surface area contributed by atoms with Crippen molar-refractivity contribution in [2.24, 2.45) is 11.7 Å². The molecule has 0 aliphatic rings. The van der Waals surface area contributed by atoms with Gasteiger partial charge >= 0.3 is 0 Å². The predicted octanol–water partition coefficient (Wildman–Crippen LogP) is 1.92. The molecular formula is C10H15FN2. The van der Waals surface area contributed by atoms with Gasteiger partial charge in [-0.2, -0.15) is 0 Å². The van der Waals surface area contributed by atoms with Crippen LogP contribution in [0.2, 0.25) is 0 Å². The van der Waals surface area contributed by atoms with Crippen LogP contribution in [0.1, 0.15) is 25.3 Å². The van der Waals surface area contributed by atoms with Gasteiger partial charge in [0.15, 0.2) is 0 Å². The first-order valence-corrected chi connectivity index (χ1v) is 4.46. The Morgan fingerprint density at radius 1 is 1.54 bits per heavy atom. The summed E-state index contributed by atoms with van der Waals surface area (Å²) in [5.74, 6) is 0.195. The fraction of sp³-hybridized carbons (Fsp3) is 0.500. The second kappa shape index (κ2) is 4.33. The minimum atomic E-state index is -0.240. The molecule has 1 rings (SSSR count). The Labute approximate surface area is 78.0 Å². The van der Waals surface area contributed by atoms with Gasteiger partial charge in [-0.1, -0.05) is 13.8 Å². The van der Waals surface area contributed by atoms with Crippen molar-refractivity contribution in [1.29, 1.82) is 0 Å². The van der Waals surface area contributed by atoms with Crippen molar-refractivity contribution in [2.75, 3.05) is 6.54 Å². The highest BCUT2D eigenvalue weighted by Gasteiger charge is 2.15. The van der Waals surface area contributed by atoms with Gasteiger partial charge in [0.1, 0.15) is 5.82 Å². The summed E-state index contributed by atoms with van der Waals surface area (Å²) in [4.78, 5) is 3.71. The molecule has 2 nitrogen and oxygen atoms in total. The molecule has 0 spiro atoms. The number of nitrogens with zero attached hydrogens (tertiary/aromatic N) is 1. The summed E-state index contributed by atoms with van der Waals surface area (Å²) in [5.41, 5.74) is 6.22. The van der Waals surface area contributed by atoms with Crippen molar-refractivity contribution in [3.63, 3.8) is 0 Å². The van der Waals surface area contributed by atoms with Crippen LogP contribution in [-0.4, -0.2) is 11.5 Å². The largest absolute Gasteiger partial charge is 0.330 e. The van der Waals surface area contributed by atoms with Gasteiger partial charge in [0.2, 0.25) is 0 Å². The molecule has 2 atom stereocenters. The molecule has 0 aliphatic carbocycles. The van der Waals surface area contributed by atoms with Crippen LogP contribution in [0, 0.1) is 11.7 Å². The van der Waals surface area contributed by atoms with E-state index in [1.165, 1.54) is 6.20 Å². The fourth-order valence-electron chi connectivity index (χ4n) is 1.27. The second-order valence-corrected chi connectivity index (χ2v) is 3.40. The molecule has 0 bridgehead atoms. The lowest BCUT2D eigenvalue weighted by molar-refractivity contribution is 0.474. The molecule has 0 saturated carbocycles. The topological polar surface area (TPSA) is 38.9 Å². The van der Waals surface area contributed by atoms with Crippen molar-refractivity contribution in [2.45, 2.75) is 19.8 Å². The SMILES string of the molecule is CC(CN)C(C)c1ccncc1F. The van der Waals surface area contributed by atoms with Gasteiger partial charge < -0.3 is 5.73 Å². The van der Waals surface area contributed by atoms with Crippen molar-refractivity contribution < 1.29 is 4.39 Å². The van der Waals surface area contributed by atoms with Gasteiger partial charge in [0, 0.05) is 6.20 Å². The fourth-order valence-corrected chi connectivity index (χ4v) is 1.27. The van der Waals surface area contributed by atoms with Crippen LogP contribution in [-0.2, 0) is 0 Å². The van der Waals surface area contributed by atoms with E-state index < -0.39 is 0 Å². The molecule has 1 heterocycles. The minimum absolute atomic E-state index is 0.146. The smallest absolute Gasteiger partial charge is 0.144 e. The summed E-state index contributed by atoms with van der Waals surface area (Å²) in [7, 11) is 0. The number of hydrogen-bond donors (Lipinski definition) is 1. The van der Waals surface area contributed by atoms with Crippen molar-refractivity contribution in [1.82, 2.24) is 4.98 Å². The Hall–Kier alpha value is -0.960. The summed E-state index contributed by atoms with van der Waals surface area (Å²) in [6, 6.07) is 1.71. The summed E-state index contributed by atoms with van der Waals surface area (Å²) in [6.45, 7) is 4.57. The van der Waals surface area contributed by atoms with Gasteiger partial charge in [-0.05, 0) is 30.0 Å². The lowest BCUT2D eigenvalue weighted by atomic mass is 9.89. The molecule has 0 aliphatic heterocycles. The van der Waals surface area contributed by atoms with E-state index in [-0.39, 0.29) is 17.7 Å². The van der Waals surface area contributed by atoms with Gasteiger partial charge in [0.05, 0.1) is 6.20 Å². The Kier molecular flexibility index (Phi) is 3.37. The average Bonchev–Trinajstić information content (AvgIpc) is 2.16. The molecule has 0 saturated heterocycles. The van der Waals surface area contributed by atoms with E-state index in [1.807, 2.05) is 13.8 Å². The zero-order chi connectivity index (χ0) is 9.84. The van der Waals surface area contributed by atoms with Crippen molar-refractivity contribution in [3.05, 3.63) is 29.8 Å². The van der Waals surface area contributed by atoms with Crippen LogP contribution >= 0.6 is 0 Å². The number of halogens is 1. The second-order valence-electron chi connectivity index (χ2n) is 3.40. The third-order valence-corrected chi connectivity index (χ3v) is 2.52. The van der Waals surface area contributed by atoms with Crippen LogP contribution in [0.15, 0.2) is 18.5 Å². The van der Waals surface area contributed by atoms with Crippen LogP contribution in [0.4, 0.5) is 4.39 Å². The van der Waals surface area contributed by atoms with E-state index in [0.29, 0.717) is 12.1 Å². The standard InChI is InChI=1S/C10H15FN2/c1-7(5-12)8(2)9-3-4-13-6-10(9)11/h3-4,6-8H,5,12H2,1-2H3. The normalized spacial score (nSPS) is 15.4. The summed E-state index contributed by atoms with van der Waals surface area (Å²) < 4.78 is 13.2. The van der Waals surface area contributed by atoms with Crippen LogP contribution in [0.25, 0.3) is 0 Å². The quantitative estimate of drug-likeness (QED) is 0.775. The maximum Gasteiger partial charge on any atom is 0.144 e. The molecule has 3 heteroatoms. The lowest BCUT2D eigenvalue weighted by Gasteiger charge is -2.18. The molecule has 1 aromatic heterocycles. The first-order valence-electron chi connectivity index (χ1n) is 4.46. The first-order chi connectivity index (χ1) is 6.16. The van der Waals surface area contributed by atoms with Crippen molar-refractivity contribution >= 4 is 0 Å². The van der Waals surface area contributed by atoms with Gasteiger partial charge in [-0.25, -0.2) is 4.39 Å². The third-order valence-electron chi connectivity index (χ3n) is 2.52. The Morgan fingerprint density at radius 2 is 2.23 bits per heavy atom. The molecule has 0 amide bonds. The zero-order valence-electron chi connectivity index (χ0n) is 8.00. The highest BCUT2D eigenvalue weighted by Crippen LogP contribution is 2.24. The van der Waals surface area contributed by atoms with E-state index in [0.717, 1.165) is 0 Å². The van der Waals surface area contributed by atoms with Crippen LogP contribution in [0.5, 0.6) is 0 Å². The monoisotopic (exact) mass is 182 g/mol. The Bertz CT molecular complexity index is 275. The number of nitrogens with two attached hydrogens (primary N) is 1. The molecule has 0 radical (unpaired) electrons. The number of pyridine rings is 1. The first kappa shape index (κ1) is 10.1. The maximum absolute atomic E-state index is 13.2. The van der Waals surface area contributed by atoms with E-state index in [9.17, 15) is 4.39 Å². The number of aromatic nitrogens is 1. The molecule has 0 fully saturated rings. The van der Waals surface area contributed by atoms with Crippen LogP contribution < -0.4 is 5.73 Å². The number of rotatable bonds is 3. The molecule has 72 valence electrons. The highest BCUT2D eigenvalue weighted by atomic mass is 19.1. The van der Waals surface area contributed by atoms with E-state index in [2.05, 4.69) is 4.98 Å². The average molecular weight is 182 g/mol. The number of hydrogen-bond acceptors (Lipinski definition) is 2. The van der Waals surface area contributed by atoms with Crippen molar-refractivity contribution in [3.8, 4) is 0 Å². The zero-order valence-corrected chi connectivity index (χ0v) is 8.00. The molecule has 13 heavy (non-hydrogen) atoms. The van der Waals surface area contributed by atoms with E-state index in [4.69, 9.17) is 5.73 Å². The molecule has 0 aromatic carbocycles. The van der Waals surface area contributed by atoms with Gasteiger partial charge in [0.25, 0.3) is 0 Å². The molecule has 2 N–H and O–H groups in total. The lowest BCUT2D eigenvalue weighted by Crippen LogP contribution is -2.17. The Balaban J connectivity index is 2.88. The maximum atomic E-state index is 13.2. The third kappa shape index (κ3) is 2.25.